The SMILES string of the molecule is O=C(OCc1cccc(Cl)c1)C1CCN(c2ccccc2[N+](=O)[O-])CC1. The van der Waals surface area contributed by atoms with Crippen LogP contribution in [-0.2, 0) is 16.1 Å². The smallest absolute Gasteiger partial charge is 0.309 e. The highest BCUT2D eigenvalue weighted by atomic mass is 35.5. The fourth-order valence-electron chi connectivity index (χ4n) is 3.14. The van der Waals surface area contributed by atoms with Crippen LogP contribution in [0, 0.1) is 16.0 Å². The molecule has 1 aliphatic rings. The standard InChI is InChI=1S/C19H19ClN2O4/c20-16-5-3-4-14(12-16)13-26-19(23)15-8-10-21(11-9-15)17-6-1-2-7-18(17)22(24)25/h1-7,12,15H,8-11,13H2. The lowest BCUT2D eigenvalue weighted by Crippen LogP contribution is -2.37. The number of hydrogen-bond donors (Lipinski definition) is 0. The molecule has 0 aliphatic carbocycles. The largest absolute Gasteiger partial charge is 0.461 e. The zero-order chi connectivity index (χ0) is 18.5. The molecule has 0 aromatic heterocycles. The number of nitro benzene ring substituents is 1. The van der Waals surface area contributed by atoms with Crippen molar-refractivity contribution in [3.05, 3.63) is 69.2 Å². The summed E-state index contributed by atoms with van der Waals surface area (Å²) in [6.45, 7) is 1.37. The minimum atomic E-state index is -0.374. The molecule has 0 atom stereocenters. The van der Waals surface area contributed by atoms with Gasteiger partial charge in [0.05, 0.1) is 10.8 Å². The van der Waals surface area contributed by atoms with Crippen molar-refractivity contribution in [1.82, 2.24) is 0 Å². The van der Waals surface area contributed by atoms with E-state index in [-0.39, 0.29) is 29.1 Å². The summed E-state index contributed by atoms with van der Waals surface area (Å²) in [5.74, 6) is -0.416. The van der Waals surface area contributed by atoms with Gasteiger partial charge in [-0.2, -0.15) is 0 Å². The molecule has 0 saturated carbocycles. The molecule has 2 aromatic rings. The summed E-state index contributed by atoms with van der Waals surface area (Å²) < 4.78 is 5.40. The molecule has 6 nitrogen and oxygen atoms in total. The lowest BCUT2D eigenvalue weighted by atomic mass is 9.96. The number of nitrogens with zero attached hydrogens (tertiary/aromatic N) is 2. The minimum Gasteiger partial charge on any atom is -0.461 e. The van der Waals surface area contributed by atoms with E-state index in [2.05, 4.69) is 0 Å². The average Bonchev–Trinajstić information content (AvgIpc) is 2.66. The van der Waals surface area contributed by atoms with Crippen LogP contribution in [0.3, 0.4) is 0 Å². The summed E-state index contributed by atoms with van der Waals surface area (Å²) >= 11 is 5.92. The third-order valence-electron chi connectivity index (χ3n) is 4.52. The Labute approximate surface area is 156 Å². The highest BCUT2D eigenvalue weighted by Crippen LogP contribution is 2.31. The molecule has 7 heteroatoms. The van der Waals surface area contributed by atoms with Crippen LogP contribution in [0.5, 0.6) is 0 Å². The molecule has 3 rings (SSSR count). The van der Waals surface area contributed by atoms with Crippen molar-refractivity contribution >= 4 is 28.9 Å². The molecular weight excluding hydrogens is 356 g/mol. The lowest BCUT2D eigenvalue weighted by molar-refractivity contribution is -0.384. The van der Waals surface area contributed by atoms with Gasteiger partial charge in [-0.15, -0.1) is 0 Å². The summed E-state index contributed by atoms with van der Waals surface area (Å²) in [6.07, 6.45) is 1.22. The Bertz CT molecular complexity index is 804. The van der Waals surface area contributed by atoms with Gasteiger partial charge in [-0.05, 0) is 36.6 Å². The van der Waals surface area contributed by atoms with E-state index in [0.29, 0.717) is 36.6 Å². The van der Waals surface area contributed by atoms with Crippen molar-refractivity contribution < 1.29 is 14.5 Å². The van der Waals surface area contributed by atoms with Crippen LogP contribution in [0.1, 0.15) is 18.4 Å². The van der Waals surface area contributed by atoms with Gasteiger partial charge < -0.3 is 9.64 Å². The Hall–Kier alpha value is -2.60. The molecule has 1 heterocycles. The Morgan fingerprint density at radius 2 is 1.92 bits per heavy atom. The molecule has 1 aliphatic heterocycles. The van der Waals surface area contributed by atoms with Crippen molar-refractivity contribution in [1.29, 1.82) is 0 Å². The zero-order valence-electron chi connectivity index (χ0n) is 14.1. The first kappa shape index (κ1) is 18.2. The molecular formula is C19H19ClN2O4. The van der Waals surface area contributed by atoms with Crippen LogP contribution < -0.4 is 4.90 Å². The van der Waals surface area contributed by atoms with Crippen LogP contribution in [0.2, 0.25) is 5.02 Å². The second-order valence-electron chi connectivity index (χ2n) is 6.24. The Morgan fingerprint density at radius 3 is 2.62 bits per heavy atom. The van der Waals surface area contributed by atoms with Gasteiger partial charge in [0.2, 0.25) is 0 Å². The molecule has 0 bridgehead atoms. The molecule has 2 aromatic carbocycles. The fourth-order valence-corrected chi connectivity index (χ4v) is 3.35. The van der Waals surface area contributed by atoms with Gasteiger partial charge in [0.1, 0.15) is 12.3 Å². The van der Waals surface area contributed by atoms with E-state index in [9.17, 15) is 14.9 Å². The van der Waals surface area contributed by atoms with Crippen molar-refractivity contribution in [2.45, 2.75) is 19.4 Å². The number of rotatable bonds is 5. The number of para-hydroxylation sites is 2. The predicted molar refractivity (Wildman–Crippen MR) is 99.3 cm³/mol. The number of anilines is 1. The molecule has 26 heavy (non-hydrogen) atoms. The van der Waals surface area contributed by atoms with Crippen molar-refractivity contribution in [2.24, 2.45) is 5.92 Å². The Morgan fingerprint density at radius 1 is 1.19 bits per heavy atom. The molecule has 0 spiro atoms. The van der Waals surface area contributed by atoms with Gasteiger partial charge >= 0.3 is 5.97 Å². The zero-order valence-corrected chi connectivity index (χ0v) is 14.9. The topological polar surface area (TPSA) is 72.7 Å². The quantitative estimate of drug-likeness (QED) is 0.445. The summed E-state index contributed by atoms with van der Waals surface area (Å²) in [7, 11) is 0. The maximum atomic E-state index is 12.3. The number of hydrogen-bond acceptors (Lipinski definition) is 5. The highest BCUT2D eigenvalue weighted by Gasteiger charge is 2.28. The first-order valence-electron chi connectivity index (χ1n) is 8.44. The molecule has 0 amide bonds. The third kappa shape index (κ3) is 4.32. The predicted octanol–water partition coefficient (Wildman–Crippen LogP) is 4.21. The average molecular weight is 375 g/mol. The Balaban J connectivity index is 1.55. The second kappa shape index (κ2) is 8.19. The second-order valence-corrected chi connectivity index (χ2v) is 6.68. The summed E-state index contributed by atoms with van der Waals surface area (Å²) in [5, 5.41) is 11.8. The molecule has 0 N–H and O–H groups in total. The maximum absolute atomic E-state index is 12.3. The van der Waals surface area contributed by atoms with Crippen LogP contribution in [-0.4, -0.2) is 24.0 Å². The summed E-state index contributed by atoms with van der Waals surface area (Å²) in [4.78, 5) is 25.1. The monoisotopic (exact) mass is 374 g/mol. The number of piperidine rings is 1. The highest BCUT2D eigenvalue weighted by molar-refractivity contribution is 6.30. The maximum Gasteiger partial charge on any atom is 0.309 e. The number of carbonyl (C=O) groups is 1. The van der Waals surface area contributed by atoms with Gasteiger partial charge in [0.25, 0.3) is 5.69 Å². The van der Waals surface area contributed by atoms with E-state index in [1.807, 2.05) is 17.0 Å². The number of carbonyl (C=O) groups excluding carboxylic acids is 1. The number of ether oxygens (including phenoxy) is 1. The number of halogens is 1. The van der Waals surface area contributed by atoms with Crippen LogP contribution >= 0.6 is 11.6 Å². The molecule has 0 unspecified atom stereocenters. The summed E-state index contributed by atoms with van der Waals surface area (Å²) in [5.41, 5.74) is 1.54. The molecule has 136 valence electrons. The minimum absolute atomic E-state index is 0.0921. The van der Waals surface area contributed by atoms with E-state index >= 15 is 0 Å². The van der Waals surface area contributed by atoms with Crippen molar-refractivity contribution in [3.8, 4) is 0 Å². The van der Waals surface area contributed by atoms with Crippen molar-refractivity contribution in [2.75, 3.05) is 18.0 Å². The third-order valence-corrected chi connectivity index (χ3v) is 4.75. The molecule has 1 saturated heterocycles. The van der Waals surface area contributed by atoms with Gasteiger partial charge in [0, 0.05) is 24.2 Å². The van der Waals surface area contributed by atoms with E-state index in [4.69, 9.17) is 16.3 Å². The number of nitro groups is 1. The van der Waals surface area contributed by atoms with Crippen LogP contribution in [0.25, 0.3) is 0 Å². The van der Waals surface area contributed by atoms with E-state index in [1.165, 1.54) is 6.07 Å². The lowest BCUT2D eigenvalue weighted by Gasteiger charge is -2.32. The number of esters is 1. The van der Waals surface area contributed by atoms with E-state index < -0.39 is 0 Å². The van der Waals surface area contributed by atoms with Gasteiger partial charge in [0.15, 0.2) is 0 Å². The van der Waals surface area contributed by atoms with Gasteiger partial charge in [-0.1, -0.05) is 35.9 Å². The first-order chi connectivity index (χ1) is 12.5. The van der Waals surface area contributed by atoms with Crippen LogP contribution in [0.15, 0.2) is 48.5 Å². The van der Waals surface area contributed by atoms with E-state index in [1.54, 1.807) is 30.3 Å². The fraction of sp³-hybridized carbons (Fsp3) is 0.316. The molecule has 0 radical (unpaired) electrons. The van der Waals surface area contributed by atoms with E-state index in [0.717, 1.165) is 5.56 Å². The normalized spacial score (nSPS) is 14.9. The Kier molecular flexibility index (Phi) is 5.73. The van der Waals surface area contributed by atoms with Crippen molar-refractivity contribution in [3.63, 3.8) is 0 Å². The van der Waals surface area contributed by atoms with Gasteiger partial charge in [-0.3, -0.25) is 14.9 Å². The van der Waals surface area contributed by atoms with Gasteiger partial charge in [-0.25, -0.2) is 0 Å². The summed E-state index contributed by atoms with van der Waals surface area (Å²) in [6, 6.07) is 13.9. The first-order valence-corrected chi connectivity index (χ1v) is 8.82. The van der Waals surface area contributed by atoms with Crippen LogP contribution in [0.4, 0.5) is 11.4 Å². The molecule has 1 fully saturated rings. The number of benzene rings is 2.